The Balaban J connectivity index is 2.28. The maximum atomic E-state index is 5.44. The molecule has 0 aliphatic carbocycles. The van der Waals surface area contributed by atoms with E-state index >= 15 is 0 Å². The van der Waals surface area contributed by atoms with Crippen LogP contribution < -0.4 is 4.98 Å². The van der Waals surface area contributed by atoms with Crippen molar-refractivity contribution >= 4 is 8.48 Å². The summed E-state index contributed by atoms with van der Waals surface area (Å²) in [4.78, 5) is 3.46. The van der Waals surface area contributed by atoms with Crippen molar-refractivity contribution in [3.8, 4) is 0 Å². The van der Waals surface area contributed by atoms with Gasteiger partial charge in [0.25, 0.3) is 8.48 Å². The fourth-order valence-electron chi connectivity index (χ4n) is 1.27. The Kier molecular flexibility index (Phi) is 2.27. The molecule has 0 saturated carbocycles. The van der Waals surface area contributed by atoms with Crippen LogP contribution in [0.1, 0.15) is 13.3 Å². The average molecular weight is 145 g/mol. The van der Waals surface area contributed by atoms with Gasteiger partial charge in [-0.3, -0.25) is 0 Å². The molecule has 0 unspecified atom stereocenters. The second kappa shape index (κ2) is 2.81. The van der Waals surface area contributed by atoms with E-state index in [0.29, 0.717) is 0 Å². The molecule has 0 aromatic carbocycles. The summed E-state index contributed by atoms with van der Waals surface area (Å²) in [6.07, 6.45) is 1.37. The van der Waals surface area contributed by atoms with Gasteiger partial charge in [-0.15, -0.1) is 0 Å². The van der Waals surface area contributed by atoms with Crippen LogP contribution in [-0.4, -0.2) is 22.1 Å². The highest BCUT2D eigenvalue weighted by molar-refractivity contribution is 6.73. The van der Waals surface area contributed by atoms with Crippen molar-refractivity contribution in [3.05, 3.63) is 0 Å². The Bertz CT molecular complexity index is 87.5. The Morgan fingerprint density at radius 2 is 2.22 bits per heavy atom. The van der Waals surface area contributed by atoms with Gasteiger partial charge in [0.2, 0.25) is 0 Å². The van der Waals surface area contributed by atoms with Crippen molar-refractivity contribution in [2.45, 2.75) is 25.4 Å². The van der Waals surface area contributed by atoms with E-state index in [0.717, 1.165) is 6.54 Å². The lowest BCUT2D eigenvalue weighted by Gasteiger charge is -2.37. The zero-order chi connectivity index (χ0) is 6.74. The molecule has 0 aromatic rings. The maximum Gasteiger partial charge on any atom is 0.268 e. The molecule has 3 heteroatoms. The molecule has 1 rings (SSSR count). The van der Waals surface area contributed by atoms with Crippen LogP contribution in [0.4, 0.5) is 0 Å². The topological polar surface area (TPSA) is 21.3 Å². The summed E-state index contributed by atoms with van der Waals surface area (Å²) < 4.78 is 5.44. The lowest BCUT2D eigenvalue weighted by atomic mass is 10.5. The fraction of sp³-hybridized carbons (Fsp3) is 1.00. The molecule has 0 atom stereocenters. The molecule has 9 heavy (non-hydrogen) atoms. The van der Waals surface area contributed by atoms with Gasteiger partial charge in [-0.05, 0) is 18.6 Å². The molecule has 1 N–H and O–H groups in total. The number of nitrogens with one attached hydrogen (secondary N) is 1. The molecule has 0 spiro atoms. The minimum atomic E-state index is -1.27. The maximum absolute atomic E-state index is 5.44. The SMILES string of the molecule is CCN[Si]1(OC)CCC1. The number of rotatable bonds is 3. The quantitative estimate of drug-likeness (QED) is 0.600. The van der Waals surface area contributed by atoms with Crippen LogP contribution >= 0.6 is 0 Å². The molecular formula is C6H15NOSi. The van der Waals surface area contributed by atoms with Crippen molar-refractivity contribution in [2.75, 3.05) is 13.7 Å². The molecule has 1 saturated heterocycles. The van der Waals surface area contributed by atoms with Crippen LogP contribution in [0.5, 0.6) is 0 Å². The van der Waals surface area contributed by atoms with Gasteiger partial charge in [0.05, 0.1) is 0 Å². The molecule has 2 nitrogen and oxygen atoms in total. The number of hydrogen-bond acceptors (Lipinski definition) is 2. The molecule has 1 aliphatic heterocycles. The first-order chi connectivity index (χ1) is 4.33. The standard InChI is InChI=1S/C6H15NOSi/c1-3-7-9(8-2)5-4-6-9/h7H,3-6H2,1-2H3. The Labute approximate surface area is 57.8 Å². The van der Waals surface area contributed by atoms with Gasteiger partial charge in [0.1, 0.15) is 0 Å². The van der Waals surface area contributed by atoms with E-state index in [1.54, 1.807) is 0 Å². The van der Waals surface area contributed by atoms with Crippen LogP contribution in [0.15, 0.2) is 0 Å². The molecule has 0 radical (unpaired) electrons. The van der Waals surface area contributed by atoms with Crippen molar-refractivity contribution in [1.29, 1.82) is 0 Å². The van der Waals surface area contributed by atoms with Gasteiger partial charge in [0, 0.05) is 7.11 Å². The smallest absolute Gasteiger partial charge is 0.268 e. The predicted molar refractivity (Wildman–Crippen MR) is 40.7 cm³/mol. The van der Waals surface area contributed by atoms with Crippen molar-refractivity contribution in [3.63, 3.8) is 0 Å². The Morgan fingerprint density at radius 1 is 1.56 bits per heavy atom. The highest BCUT2D eigenvalue weighted by atomic mass is 28.4. The van der Waals surface area contributed by atoms with Crippen molar-refractivity contribution in [1.82, 2.24) is 4.98 Å². The summed E-state index contributed by atoms with van der Waals surface area (Å²) in [5.74, 6) is 0. The molecule has 1 aliphatic rings. The second-order valence-electron chi connectivity index (χ2n) is 2.58. The summed E-state index contributed by atoms with van der Waals surface area (Å²) in [5.41, 5.74) is 0. The van der Waals surface area contributed by atoms with Gasteiger partial charge in [-0.25, -0.2) is 0 Å². The van der Waals surface area contributed by atoms with E-state index in [-0.39, 0.29) is 0 Å². The highest BCUT2D eigenvalue weighted by Crippen LogP contribution is 2.29. The molecule has 1 heterocycles. The van der Waals surface area contributed by atoms with E-state index in [9.17, 15) is 0 Å². The van der Waals surface area contributed by atoms with E-state index in [2.05, 4.69) is 11.9 Å². The van der Waals surface area contributed by atoms with Gasteiger partial charge >= 0.3 is 0 Å². The van der Waals surface area contributed by atoms with Crippen LogP contribution in [0.2, 0.25) is 12.1 Å². The van der Waals surface area contributed by atoms with Crippen LogP contribution in [0.25, 0.3) is 0 Å². The zero-order valence-corrected chi connectivity index (χ0v) is 7.24. The summed E-state index contributed by atoms with van der Waals surface area (Å²) >= 11 is 0. The molecule has 0 aromatic heterocycles. The largest absolute Gasteiger partial charge is 0.406 e. The molecule has 0 bridgehead atoms. The predicted octanol–water partition coefficient (Wildman–Crippen LogP) is 1.09. The minimum Gasteiger partial charge on any atom is -0.406 e. The summed E-state index contributed by atoms with van der Waals surface area (Å²) in [5, 5.41) is 0. The van der Waals surface area contributed by atoms with Crippen molar-refractivity contribution in [2.24, 2.45) is 0 Å². The van der Waals surface area contributed by atoms with Gasteiger partial charge in [-0.1, -0.05) is 13.3 Å². The van der Waals surface area contributed by atoms with Gasteiger partial charge < -0.3 is 9.41 Å². The average Bonchev–Trinajstić information content (AvgIpc) is 1.79. The Morgan fingerprint density at radius 3 is 2.33 bits per heavy atom. The van der Waals surface area contributed by atoms with E-state index < -0.39 is 8.48 Å². The zero-order valence-electron chi connectivity index (χ0n) is 6.24. The van der Waals surface area contributed by atoms with Gasteiger partial charge in [0.15, 0.2) is 0 Å². The monoisotopic (exact) mass is 145 g/mol. The summed E-state index contributed by atoms with van der Waals surface area (Å²) in [7, 11) is 0.575. The van der Waals surface area contributed by atoms with Crippen LogP contribution in [-0.2, 0) is 4.43 Å². The molecule has 1 fully saturated rings. The lowest BCUT2D eigenvalue weighted by Crippen LogP contribution is -2.57. The number of hydrogen-bond donors (Lipinski definition) is 1. The van der Waals surface area contributed by atoms with Crippen LogP contribution in [0, 0.1) is 0 Å². The van der Waals surface area contributed by atoms with Crippen LogP contribution in [0.3, 0.4) is 0 Å². The minimum absolute atomic E-state index is 1.07. The first-order valence-corrected chi connectivity index (χ1v) is 5.95. The third-order valence-electron chi connectivity index (χ3n) is 2.05. The molecule has 54 valence electrons. The third-order valence-corrected chi connectivity index (χ3v) is 6.15. The first kappa shape index (κ1) is 7.25. The molecule has 0 amide bonds. The third kappa shape index (κ3) is 1.34. The fourth-order valence-corrected chi connectivity index (χ4v) is 3.82. The highest BCUT2D eigenvalue weighted by Gasteiger charge is 2.40. The van der Waals surface area contributed by atoms with E-state index in [1.165, 1.54) is 18.5 Å². The van der Waals surface area contributed by atoms with Crippen molar-refractivity contribution < 1.29 is 4.43 Å². The van der Waals surface area contributed by atoms with E-state index in [1.807, 2.05) is 7.11 Å². The lowest BCUT2D eigenvalue weighted by molar-refractivity contribution is 0.357. The van der Waals surface area contributed by atoms with Gasteiger partial charge in [-0.2, -0.15) is 0 Å². The Hall–Kier alpha value is 0.137. The molecular weight excluding hydrogens is 130 g/mol. The summed E-state index contributed by atoms with van der Waals surface area (Å²) in [6, 6.07) is 2.63. The second-order valence-corrected chi connectivity index (χ2v) is 6.33. The summed E-state index contributed by atoms with van der Waals surface area (Å²) in [6.45, 7) is 3.21. The van der Waals surface area contributed by atoms with E-state index in [4.69, 9.17) is 4.43 Å². The first-order valence-electron chi connectivity index (χ1n) is 3.63. The normalized spacial score (nSPS) is 23.3.